The first-order valence-electron chi connectivity index (χ1n) is 8.19. The third-order valence-corrected chi connectivity index (χ3v) is 4.82. The van der Waals surface area contributed by atoms with E-state index in [9.17, 15) is 9.59 Å². The van der Waals surface area contributed by atoms with Gasteiger partial charge in [0.25, 0.3) is 5.56 Å². The molecule has 1 fully saturated rings. The highest BCUT2D eigenvalue weighted by molar-refractivity contribution is 5.99. The van der Waals surface area contributed by atoms with Gasteiger partial charge in [-0.3, -0.25) is 14.0 Å². The van der Waals surface area contributed by atoms with Crippen molar-refractivity contribution in [2.45, 2.75) is 32.6 Å². The van der Waals surface area contributed by atoms with Crippen LogP contribution in [0.25, 0.3) is 16.6 Å². The summed E-state index contributed by atoms with van der Waals surface area (Å²) in [7, 11) is 0. The van der Waals surface area contributed by atoms with E-state index in [0.29, 0.717) is 29.8 Å². The third kappa shape index (κ3) is 2.26. The van der Waals surface area contributed by atoms with Crippen LogP contribution in [0.15, 0.2) is 23.1 Å². The van der Waals surface area contributed by atoms with E-state index in [1.807, 2.05) is 17.4 Å². The van der Waals surface area contributed by atoms with Crippen LogP contribution in [0, 0.1) is 6.92 Å². The van der Waals surface area contributed by atoms with E-state index in [1.165, 1.54) is 6.92 Å². The van der Waals surface area contributed by atoms with E-state index in [0.717, 1.165) is 29.7 Å². The van der Waals surface area contributed by atoms with Crippen molar-refractivity contribution >= 4 is 22.3 Å². The van der Waals surface area contributed by atoms with Crippen molar-refractivity contribution in [3.63, 3.8) is 0 Å². The Morgan fingerprint density at radius 2 is 2.04 bits per heavy atom. The van der Waals surface area contributed by atoms with Crippen LogP contribution >= 0.6 is 0 Å². The van der Waals surface area contributed by atoms with Gasteiger partial charge < -0.3 is 9.72 Å². The summed E-state index contributed by atoms with van der Waals surface area (Å²) >= 11 is 0. The summed E-state index contributed by atoms with van der Waals surface area (Å²) in [5, 5.41) is 0. The van der Waals surface area contributed by atoms with E-state index < -0.39 is 0 Å². The van der Waals surface area contributed by atoms with Crippen LogP contribution in [0.5, 0.6) is 0 Å². The number of nitrogens with one attached hydrogen (secondary N) is 1. The second kappa shape index (κ2) is 5.56. The number of hydrogen-bond acceptors (Lipinski definition) is 4. The number of H-pyrrole nitrogens is 1. The van der Waals surface area contributed by atoms with Crippen molar-refractivity contribution in [1.82, 2.24) is 14.4 Å². The van der Waals surface area contributed by atoms with E-state index in [1.54, 1.807) is 12.3 Å². The summed E-state index contributed by atoms with van der Waals surface area (Å²) in [6, 6.07) is 3.72. The zero-order valence-corrected chi connectivity index (χ0v) is 13.8. The average molecular weight is 325 g/mol. The Morgan fingerprint density at radius 3 is 2.75 bits per heavy atom. The number of Topliss-reactive ketones (excluding diaryl/α,β-unsaturated/α-hetero) is 1. The second-order valence-electron chi connectivity index (χ2n) is 6.42. The van der Waals surface area contributed by atoms with Gasteiger partial charge in [-0.2, -0.15) is 0 Å². The zero-order valence-electron chi connectivity index (χ0n) is 13.8. The lowest BCUT2D eigenvalue weighted by Crippen LogP contribution is -2.18. The van der Waals surface area contributed by atoms with Gasteiger partial charge in [0, 0.05) is 24.7 Å². The molecule has 1 saturated heterocycles. The molecule has 6 nitrogen and oxygen atoms in total. The molecule has 0 aliphatic carbocycles. The van der Waals surface area contributed by atoms with Crippen molar-refractivity contribution < 1.29 is 9.53 Å². The lowest BCUT2D eigenvalue weighted by atomic mass is 9.99. The SMILES string of the molecule is CC(=O)c1cc2[nH]c(=O)c3cnc(C4CCOCC4)n3c2cc1C. The van der Waals surface area contributed by atoms with Gasteiger partial charge in [-0.25, -0.2) is 4.98 Å². The lowest BCUT2D eigenvalue weighted by molar-refractivity contribution is 0.0835. The zero-order chi connectivity index (χ0) is 16.8. The van der Waals surface area contributed by atoms with E-state index in [2.05, 4.69) is 9.97 Å². The Hall–Kier alpha value is -2.47. The predicted octanol–water partition coefficient (Wildman–Crippen LogP) is 2.58. The first kappa shape index (κ1) is 15.1. The number of rotatable bonds is 2. The van der Waals surface area contributed by atoms with Gasteiger partial charge in [0.05, 0.1) is 17.2 Å². The maximum atomic E-state index is 12.4. The number of nitrogens with zero attached hydrogens (tertiary/aromatic N) is 2. The number of hydrogen-bond donors (Lipinski definition) is 1. The van der Waals surface area contributed by atoms with Gasteiger partial charge in [0.15, 0.2) is 5.78 Å². The Balaban J connectivity index is 2.04. The molecule has 1 aromatic carbocycles. The summed E-state index contributed by atoms with van der Waals surface area (Å²) in [5.74, 6) is 1.17. The number of aromatic nitrogens is 3. The molecule has 0 spiro atoms. The maximum absolute atomic E-state index is 12.4. The van der Waals surface area contributed by atoms with Crippen LogP contribution in [0.4, 0.5) is 0 Å². The summed E-state index contributed by atoms with van der Waals surface area (Å²) in [6.07, 6.45) is 3.44. The molecule has 2 aromatic heterocycles. The molecule has 3 aromatic rings. The number of aromatic amines is 1. The van der Waals surface area contributed by atoms with Gasteiger partial charge in [-0.1, -0.05) is 0 Å². The first-order chi connectivity index (χ1) is 11.6. The van der Waals surface area contributed by atoms with E-state index >= 15 is 0 Å². The Bertz CT molecular complexity index is 1010. The minimum Gasteiger partial charge on any atom is -0.381 e. The van der Waals surface area contributed by atoms with Gasteiger partial charge in [-0.05, 0) is 44.4 Å². The molecular weight excluding hydrogens is 306 g/mol. The highest BCUT2D eigenvalue weighted by atomic mass is 16.5. The Kier molecular flexibility index (Phi) is 3.49. The van der Waals surface area contributed by atoms with Gasteiger partial charge in [-0.15, -0.1) is 0 Å². The highest BCUT2D eigenvalue weighted by Crippen LogP contribution is 2.28. The van der Waals surface area contributed by atoms with Gasteiger partial charge >= 0.3 is 0 Å². The quantitative estimate of drug-likeness (QED) is 0.735. The van der Waals surface area contributed by atoms with Crippen LogP contribution < -0.4 is 5.56 Å². The van der Waals surface area contributed by atoms with Gasteiger partial charge in [0.2, 0.25) is 0 Å². The third-order valence-electron chi connectivity index (χ3n) is 4.82. The molecule has 0 radical (unpaired) electrons. The Labute approximate surface area is 138 Å². The van der Waals surface area contributed by atoms with Crippen molar-refractivity contribution in [3.8, 4) is 0 Å². The number of carbonyl (C=O) groups is 1. The average Bonchev–Trinajstić information content (AvgIpc) is 3.02. The molecule has 1 aliphatic heterocycles. The fourth-order valence-electron chi connectivity index (χ4n) is 3.57. The number of ether oxygens (including phenoxy) is 1. The fourth-order valence-corrected chi connectivity index (χ4v) is 3.57. The standard InChI is InChI=1S/C18H19N3O3/c1-10-7-15-14(8-13(10)11(2)22)20-18(23)16-9-19-17(21(15)16)12-3-5-24-6-4-12/h7-9,12H,3-6H2,1-2H3,(H,20,23). The molecule has 1 N–H and O–H groups in total. The molecule has 24 heavy (non-hydrogen) atoms. The number of aryl methyl sites for hydroxylation is 1. The number of imidazole rings is 1. The van der Waals surface area contributed by atoms with E-state index in [-0.39, 0.29) is 17.3 Å². The summed E-state index contributed by atoms with van der Waals surface area (Å²) in [6.45, 7) is 4.88. The van der Waals surface area contributed by atoms with Crippen molar-refractivity contribution in [2.24, 2.45) is 0 Å². The van der Waals surface area contributed by atoms with Crippen molar-refractivity contribution in [1.29, 1.82) is 0 Å². The molecule has 6 heteroatoms. The van der Waals surface area contributed by atoms with E-state index in [4.69, 9.17) is 4.74 Å². The molecule has 3 heterocycles. The molecule has 0 atom stereocenters. The maximum Gasteiger partial charge on any atom is 0.274 e. The number of ketones is 1. The second-order valence-corrected chi connectivity index (χ2v) is 6.42. The molecule has 124 valence electrons. The lowest BCUT2D eigenvalue weighted by Gasteiger charge is -2.21. The minimum atomic E-state index is -0.188. The smallest absolute Gasteiger partial charge is 0.274 e. The highest BCUT2D eigenvalue weighted by Gasteiger charge is 2.22. The first-order valence-corrected chi connectivity index (χ1v) is 8.19. The Morgan fingerprint density at radius 1 is 1.29 bits per heavy atom. The van der Waals surface area contributed by atoms with Crippen LogP contribution in [0.1, 0.15) is 47.4 Å². The number of benzene rings is 1. The molecule has 4 rings (SSSR count). The normalized spacial score (nSPS) is 16.1. The summed E-state index contributed by atoms with van der Waals surface area (Å²) in [5.41, 5.74) is 3.42. The summed E-state index contributed by atoms with van der Waals surface area (Å²) in [4.78, 5) is 31.6. The van der Waals surface area contributed by atoms with Crippen molar-refractivity contribution in [3.05, 3.63) is 45.6 Å². The molecule has 0 saturated carbocycles. The largest absolute Gasteiger partial charge is 0.381 e. The number of carbonyl (C=O) groups excluding carboxylic acids is 1. The van der Waals surface area contributed by atoms with Gasteiger partial charge in [0.1, 0.15) is 11.3 Å². The molecule has 1 aliphatic rings. The van der Waals surface area contributed by atoms with Crippen molar-refractivity contribution in [2.75, 3.05) is 13.2 Å². The van der Waals surface area contributed by atoms with Crippen LogP contribution in [-0.4, -0.2) is 33.4 Å². The molecular formula is C18H19N3O3. The van der Waals surface area contributed by atoms with Crippen LogP contribution in [0.3, 0.4) is 0 Å². The topological polar surface area (TPSA) is 76.5 Å². The molecule has 0 unspecified atom stereocenters. The predicted molar refractivity (Wildman–Crippen MR) is 90.9 cm³/mol. The minimum absolute atomic E-state index is 0.00868. The van der Waals surface area contributed by atoms with Crippen LogP contribution in [-0.2, 0) is 4.74 Å². The van der Waals surface area contributed by atoms with Crippen LogP contribution in [0.2, 0.25) is 0 Å². The monoisotopic (exact) mass is 325 g/mol. The molecule has 0 bridgehead atoms. The fraction of sp³-hybridized carbons (Fsp3) is 0.389. The summed E-state index contributed by atoms with van der Waals surface area (Å²) < 4.78 is 7.39. The number of fused-ring (bicyclic) bond motifs is 3. The molecule has 0 amide bonds.